The molecule has 2 fully saturated rings. The van der Waals surface area contributed by atoms with Crippen LogP contribution in [-0.2, 0) is 16.1 Å². The number of urea groups is 1. The van der Waals surface area contributed by atoms with Crippen LogP contribution in [-0.4, -0.2) is 54.2 Å². The Morgan fingerprint density at radius 2 is 1.93 bits per heavy atom. The van der Waals surface area contributed by atoms with Gasteiger partial charge < -0.3 is 20.3 Å². The molecule has 8 heteroatoms. The normalized spacial score (nSPS) is 19.6. The fourth-order valence-corrected chi connectivity index (χ4v) is 4.71. The second-order valence-corrected chi connectivity index (χ2v) is 8.67. The first-order chi connectivity index (χ1) is 14.7. The molecule has 0 radical (unpaired) electrons. The predicted molar refractivity (Wildman–Crippen MR) is 116 cm³/mol. The van der Waals surface area contributed by atoms with E-state index in [9.17, 15) is 9.59 Å². The average molecular weight is 429 g/mol. The summed E-state index contributed by atoms with van der Waals surface area (Å²) in [5, 5.41) is 8.91. The van der Waals surface area contributed by atoms with Crippen LogP contribution in [0.15, 0.2) is 35.7 Å². The summed E-state index contributed by atoms with van der Waals surface area (Å²) in [5.41, 5.74) is 1.96. The molecule has 3 amide bonds. The summed E-state index contributed by atoms with van der Waals surface area (Å²) >= 11 is 1.58. The lowest BCUT2D eigenvalue weighted by Crippen LogP contribution is -2.48. The summed E-state index contributed by atoms with van der Waals surface area (Å²) in [6, 6.07) is 9.98. The highest BCUT2D eigenvalue weighted by Gasteiger charge is 2.28. The van der Waals surface area contributed by atoms with Crippen molar-refractivity contribution in [2.24, 2.45) is 5.92 Å². The first-order valence-corrected chi connectivity index (χ1v) is 11.5. The summed E-state index contributed by atoms with van der Waals surface area (Å²) in [6.45, 7) is 2.99. The number of rotatable bonds is 6. The van der Waals surface area contributed by atoms with Gasteiger partial charge in [-0.1, -0.05) is 30.3 Å². The van der Waals surface area contributed by atoms with Gasteiger partial charge in [-0.2, -0.15) is 0 Å². The minimum atomic E-state index is -0.0561. The van der Waals surface area contributed by atoms with E-state index in [-0.39, 0.29) is 24.0 Å². The molecule has 2 aromatic rings. The van der Waals surface area contributed by atoms with Gasteiger partial charge in [-0.25, -0.2) is 9.78 Å². The highest BCUT2D eigenvalue weighted by atomic mass is 32.1. The SMILES string of the molecule is O=C(NCc1csc(-c2ccccc2)n1)C1CCN(C(=O)NCC2CCCO2)CC1. The van der Waals surface area contributed by atoms with Crippen molar-refractivity contribution in [1.29, 1.82) is 0 Å². The van der Waals surface area contributed by atoms with E-state index in [0.717, 1.165) is 35.7 Å². The molecule has 1 atom stereocenters. The second kappa shape index (κ2) is 10.0. The number of thiazole rings is 1. The van der Waals surface area contributed by atoms with E-state index in [4.69, 9.17) is 4.74 Å². The number of piperidine rings is 1. The molecule has 0 bridgehead atoms. The number of amides is 3. The Bertz CT molecular complexity index is 843. The van der Waals surface area contributed by atoms with Crippen LogP contribution in [0, 0.1) is 5.92 Å². The summed E-state index contributed by atoms with van der Waals surface area (Å²) < 4.78 is 5.54. The molecule has 1 aromatic carbocycles. The minimum absolute atomic E-state index is 0.0451. The number of ether oxygens (including phenoxy) is 1. The van der Waals surface area contributed by atoms with E-state index in [1.54, 1.807) is 16.2 Å². The molecule has 4 rings (SSSR count). The molecule has 3 heterocycles. The third-order valence-electron chi connectivity index (χ3n) is 5.67. The van der Waals surface area contributed by atoms with Crippen molar-refractivity contribution in [3.8, 4) is 10.6 Å². The molecule has 2 N–H and O–H groups in total. The van der Waals surface area contributed by atoms with Crippen LogP contribution in [0.3, 0.4) is 0 Å². The Labute approximate surface area is 180 Å². The van der Waals surface area contributed by atoms with Crippen molar-refractivity contribution >= 4 is 23.3 Å². The fraction of sp³-hybridized carbons (Fsp3) is 0.500. The average Bonchev–Trinajstić information content (AvgIpc) is 3.49. The smallest absolute Gasteiger partial charge is 0.317 e. The molecule has 2 aliphatic heterocycles. The molecule has 160 valence electrons. The molecule has 1 unspecified atom stereocenters. The number of benzene rings is 1. The standard InChI is InChI=1S/C22H28N4O3S/c27-20(23-13-18-15-30-21(25-18)17-5-2-1-3-6-17)16-8-10-26(11-9-16)22(28)24-14-19-7-4-12-29-19/h1-3,5-6,15-16,19H,4,7-14H2,(H,23,27)(H,24,28). The largest absolute Gasteiger partial charge is 0.376 e. The Morgan fingerprint density at radius 3 is 2.67 bits per heavy atom. The number of hydrogen-bond donors (Lipinski definition) is 2. The Morgan fingerprint density at radius 1 is 1.13 bits per heavy atom. The van der Waals surface area contributed by atoms with Crippen molar-refractivity contribution in [2.45, 2.75) is 38.3 Å². The van der Waals surface area contributed by atoms with Crippen LogP contribution in [0.4, 0.5) is 4.79 Å². The maximum Gasteiger partial charge on any atom is 0.317 e. The molecule has 7 nitrogen and oxygen atoms in total. The maximum atomic E-state index is 12.6. The molecule has 0 aliphatic carbocycles. The zero-order valence-electron chi connectivity index (χ0n) is 17.0. The molecule has 1 aromatic heterocycles. The van der Waals surface area contributed by atoms with Crippen LogP contribution < -0.4 is 10.6 Å². The van der Waals surface area contributed by atoms with E-state index in [2.05, 4.69) is 15.6 Å². The van der Waals surface area contributed by atoms with Crippen LogP contribution in [0.25, 0.3) is 10.6 Å². The third-order valence-corrected chi connectivity index (χ3v) is 6.61. The number of likely N-dealkylation sites (tertiary alicyclic amines) is 1. The van der Waals surface area contributed by atoms with Gasteiger partial charge >= 0.3 is 6.03 Å². The molecule has 0 spiro atoms. The number of hydrogen-bond acceptors (Lipinski definition) is 5. The summed E-state index contributed by atoms with van der Waals surface area (Å²) in [6.07, 6.45) is 3.59. The minimum Gasteiger partial charge on any atom is -0.376 e. The monoisotopic (exact) mass is 428 g/mol. The molecule has 2 aliphatic rings. The van der Waals surface area contributed by atoms with E-state index >= 15 is 0 Å². The van der Waals surface area contributed by atoms with Gasteiger partial charge in [-0.15, -0.1) is 11.3 Å². The van der Waals surface area contributed by atoms with Gasteiger partial charge in [0.25, 0.3) is 0 Å². The molecular weight excluding hydrogens is 400 g/mol. The van der Waals surface area contributed by atoms with Crippen molar-refractivity contribution < 1.29 is 14.3 Å². The van der Waals surface area contributed by atoms with Crippen LogP contribution in [0.5, 0.6) is 0 Å². The van der Waals surface area contributed by atoms with Crippen molar-refractivity contribution in [3.05, 3.63) is 41.4 Å². The van der Waals surface area contributed by atoms with Gasteiger partial charge in [0.05, 0.1) is 18.3 Å². The van der Waals surface area contributed by atoms with Crippen molar-refractivity contribution in [3.63, 3.8) is 0 Å². The highest BCUT2D eigenvalue weighted by Crippen LogP contribution is 2.23. The van der Waals surface area contributed by atoms with Crippen molar-refractivity contribution in [2.75, 3.05) is 26.2 Å². The lowest BCUT2D eigenvalue weighted by atomic mass is 9.96. The van der Waals surface area contributed by atoms with Gasteiger partial charge in [0, 0.05) is 43.1 Å². The number of carbonyl (C=O) groups excluding carboxylic acids is 2. The highest BCUT2D eigenvalue weighted by molar-refractivity contribution is 7.13. The zero-order chi connectivity index (χ0) is 20.8. The molecule has 0 saturated carbocycles. The summed E-state index contributed by atoms with van der Waals surface area (Å²) in [4.78, 5) is 31.3. The van der Waals surface area contributed by atoms with Gasteiger partial charge in [-0.3, -0.25) is 4.79 Å². The zero-order valence-corrected chi connectivity index (χ0v) is 17.8. The first-order valence-electron chi connectivity index (χ1n) is 10.6. The Balaban J connectivity index is 1.18. The number of nitrogens with one attached hydrogen (secondary N) is 2. The lowest BCUT2D eigenvalue weighted by molar-refractivity contribution is -0.126. The Kier molecular flexibility index (Phi) is 6.96. The molecular formula is C22H28N4O3S. The summed E-state index contributed by atoms with van der Waals surface area (Å²) in [7, 11) is 0. The van der Waals surface area contributed by atoms with Crippen LogP contribution >= 0.6 is 11.3 Å². The number of nitrogens with zero attached hydrogens (tertiary/aromatic N) is 2. The second-order valence-electron chi connectivity index (χ2n) is 7.81. The van der Waals surface area contributed by atoms with E-state index in [0.29, 0.717) is 39.0 Å². The van der Waals surface area contributed by atoms with Gasteiger partial charge in [0.1, 0.15) is 5.01 Å². The van der Waals surface area contributed by atoms with Gasteiger partial charge in [0.15, 0.2) is 0 Å². The van der Waals surface area contributed by atoms with Crippen LogP contribution in [0.2, 0.25) is 0 Å². The topological polar surface area (TPSA) is 83.6 Å². The summed E-state index contributed by atoms with van der Waals surface area (Å²) in [5.74, 6) is -0.0110. The predicted octanol–water partition coefficient (Wildman–Crippen LogP) is 3.03. The van der Waals surface area contributed by atoms with Crippen LogP contribution in [0.1, 0.15) is 31.4 Å². The van der Waals surface area contributed by atoms with Gasteiger partial charge in [-0.05, 0) is 25.7 Å². The van der Waals surface area contributed by atoms with Gasteiger partial charge in [0.2, 0.25) is 5.91 Å². The molecule has 30 heavy (non-hydrogen) atoms. The maximum absolute atomic E-state index is 12.6. The fourth-order valence-electron chi connectivity index (χ4n) is 3.89. The third kappa shape index (κ3) is 5.37. The van der Waals surface area contributed by atoms with Crippen molar-refractivity contribution in [1.82, 2.24) is 20.5 Å². The van der Waals surface area contributed by atoms with E-state index in [1.165, 1.54) is 0 Å². The molecule has 2 saturated heterocycles. The van der Waals surface area contributed by atoms with E-state index < -0.39 is 0 Å². The Hall–Kier alpha value is -2.45. The number of aromatic nitrogens is 1. The number of carbonyl (C=O) groups is 2. The first kappa shape index (κ1) is 20.8. The van der Waals surface area contributed by atoms with E-state index in [1.807, 2.05) is 35.7 Å². The quantitative estimate of drug-likeness (QED) is 0.741. The lowest BCUT2D eigenvalue weighted by Gasteiger charge is -2.31.